The van der Waals surface area contributed by atoms with Crippen molar-refractivity contribution in [1.82, 2.24) is 9.97 Å². The van der Waals surface area contributed by atoms with E-state index >= 15 is 0 Å². The zero-order chi connectivity index (χ0) is 10.8. The quantitative estimate of drug-likeness (QED) is 0.833. The SMILES string of the molecule is Nc1cnc(-c2ccc(Cl)cc2Cl)nc1. The monoisotopic (exact) mass is 239 g/mol. The Morgan fingerprint density at radius 1 is 1.07 bits per heavy atom. The summed E-state index contributed by atoms with van der Waals surface area (Å²) in [6, 6.07) is 5.16. The van der Waals surface area contributed by atoms with Crippen molar-refractivity contribution in [3.63, 3.8) is 0 Å². The third-order valence-electron chi connectivity index (χ3n) is 1.84. The van der Waals surface area contributed by atoms with E-state index in [2.05, 4.69) is 9.97 Å². The number of rotatable bonds is 1. The van der Waals surface area contributed by atoms with Gasteiger partial charge in [-0.05, 0) is 18.2 Å². The number of hydrogen-bond acceptors (Lipinski definition) is 3. The highest BCUT2D eigenvalue weighted by Crippen LogP contribution is 2.27. The van der Waals surface area contributed by atoms with Crippen LogP contribution in [0.4, 0.5) is 5.69 Å². The highest BCUT2D eigenvalue weighted by atomic mass is 35.5. The van der Waals surface area contributed by atoms with Crippen molar-refractivity contribution >= 4 is 28.9 Å². The van der Waals surface area contributed by atoms with Crippen molar-refractivity contribution in [2.24, 2.45) is 0 Å². The van der Waals surface area contributed by atoms with Gasteiger partial charge in [0.1, 0.15) is 0 Å². The Kier molecular flexibility index (Phi) is 2.75. The van der Waals surface area contributed by atoms with Crippen molar-refractivity contribution < 1.29 is 0 Å². The standard InChI is InChI=1S/C10H7Cl2N3/c11-6-1-2-8(9(12)3-6)10-14-4-7(13)5-15-10/h1-5H,13H2. The maximum Gasteiger partial charge on any atom is 0.160 e. The van der Waals surface area contributed by atoms with Crippen molar-refractivity contribution in [2.75, 3.05) is 5.73 Å². The first-order chi connectivity index (χ1) is 7.16. The second kappa shape index (κ2) is 4.04. The van der Waals surface area contributed by atoms with E-state index in [0.717, 1.165) is 5.56 Å². The first-order valence-electron chi connectivity index (χ1n) is 4.20. The van der Waals surface area contributed by atoms with Crippen molar-refractivity contribution in [3.8, 4) is 11.4 Å². The molecular formula is C10H7Cl2N3. The molecular weight excluding hydrogens is 233 g/mol. The summed E-state index contributed by atoms with van der Waals surface area (Å²) in [5.41, 5.74) is 6.74. The van der Waals surface area contributed by atoms with Gasteiger partial charge >= 0.3 is 0 Å². The van der Waals surface area contributed by atoms with Gasteiger partial charge in [0.2, 0.25) is 0 Å². The largest absolute Gasteiger partial charge is 0.396 e. The normalized spacial score (nSPS) is 10.3. The molecule has 0 atom stereocenters. The summed E-state index contributed by atoms with van der Waals surface area (Å²) >= 11 is 11.8. The zero-order valence-electron chi connectivity index (χ0n) is 7.61. The first kappa shape index (κ1) is 10.2. The molecule has 1 aromatic carbocycles. The van der Waals surface area contributed by atoms with Crippen LogP contribution in [0, 0.1) is 0 Å². The molecule has 0 radical (unpaired) electrons. The summed E-state index contributed by atoms with van der Waals surface area (Å²) in [5, 5.41) is 1.10. The molecule has 2 aromatic rings. The number of halogens is 2. The molecule has 0 aliphatic carbocycles. The van der Waals surface area contributed by atoms with E-state index in [-0.39, 0.29) is 0 Å². The van der Waals surface area contributed by atoms with E-state index in [1.54, 1.807) is 18.2 Å². The van der Waals surface area contributed by atoms with Gasteiger partial charge in [0.15, 0.2) is 5.82 Å². The van der Waals surface area contributed by atoms with Crippen LogP contribution in [0.25, 0.3) is 11.4 Å². The van der Waals surface area contributed by atoms with Gasteiger partial charge in [-0.3, -0.25) is 0 Å². The van der Waals surface area contributed by atoms with E-state index in [1.165, 1.54) is 12.4 Å². The second-order valence-electron chi connectivity index (χ2n) is 2.96. The van der Waals surface area contributed by atoms with Crippen LogP contribution in [0.2, 0.25) is 10.0 Å². The summed E-state index contributed by atoms with van der Waals surface area (Å²) in [4.78, 5) is 8.15. The topological polar surface area (TPSA) is 51.8 Å². The molecule has 1 aromatic heterocycles. The molecule has 0 unspecified atom stereocenters. The van der Waals surface area contributed by atoms with Gasteiger partial charge in [-0.2, -0.15) is 0 Å². The average Bonchev–Trinajstić information content (AvgIpc) is 2.20. The third kappa shape index (κ3) is 2.19. The smallest absolute Gasteiger partial charge is 0.160 e. The van der Waals surface area contributed by atoms with Crippen LogP contribution in [0.1, 0.15) is 0 Å². The number of aromatic nitrogens is 2. The maximum absolute atomic E-state index is 6.01. The highest BCUT2D eigenvalue weighted by molar-refractivity contribution is 6.36. The number of nitrogen functional groups attached to an aromatic ring is 1. The predicted molar refractivity (Wildman–Crippen MR) is 61.9 cm³/mol. The molecule has 3 nitrogen and oxygen atoms in total. The molecule has 0 bridgehead atoms. The van der Waals surface area contributed by atoms with E-state index < -0.39 is 0 Å². The summed E-state index contributed by atoms with van der Waals surface area (Å²) < 4.78 is 0. The Bertz CT molecular complexity index is 483. The van der Waals surface area contributed by atoms with Gasteiger partial charge < -0.3 is 5.73 Å². The predicted octanol–water partition coefficient (Wildman–Crippen LogP) is 3.03. The van der Waals surface area contributed by atoms with Crippen molar-refractivity contribution in [1.29, 1.82) is 0 Å². The Morgan fingerprint density at radius 2 is 1.73 bits per heavy atom. The minimum atomic E-state index is 0.517. The summed E-state index contributed by atoms with van der Waals surface area (Å²) in [7, 11) is 0. The van der Waals surface area contributed by atoms with Crippen molar-refractivity contribution in [2.45, 2.75) is 0 Å². The fourth-order valence-electron chi connectivity index (χ4n) is 1.15. The summed E-state index contributed by atoms with van der Waals surface area (Å²) in [6.45, 7) is 0. The van der Waals surface area contributed by atoms with Crippen LogP contribution >= 0.6 is 23.2 Å². The second-order valence-corrected chi connectivity index (χ2v) is 3.81. The molecule has 15 heavy (non-hydrogen) atoms. The molecule has 0 aliphatic rings. The van der Waals surface area contributed by atoms with E-state index in [4.69, 9.17) is 28.9 Å². The average molecular weight is 240 g/mol. The van der Waals surface area contributed by atoms with Crippen molar-refractivity contribution in [3.05, 3.63) is 40.6 Å². The van der Waals surface area contributed by atoms with Gasteiger partial charge in [-0.1, -0.05) is 23.2 Å². The van der Waals surface area contributed by atoms with Crippen LogP contribution in [0.15, 0.2) is 30.6 Å². The minimum Gasteiger partial charge on any atom is -0.396 e. The lowest BCUT2D eigenvalue weighted by Crippen LogP contribution is -1.92. The van der Waals surface area contributed by atoms with Gasteiger partial charge in [-0.25, -0.2) is 9.97 Å². The molecule has 2 N–H and O–H groups in total. The fraction of sp³-hybridized carbons (Fsp3) is 0. The van der Waals surface area contributed by atoms with Gasteiger partial charge in [0, 0.05) is 10.6 Å². The lowest BCUT2D eigenvalue weighted by molar-refractivity contribution is 1.18. The molecule has 0 aliphatic heterocycles. The van der Waals surface area contributed by atoms with Crippen LogP contribution < -0.4 is 5.73 Å². The Balaban J connectivity index is 2.49. The highest BCUT2D eigenvalue weighted by Gasteiger charge is 2.06. The molecule has 2 rings (SSSR count). The van der Waals surface area contributed by atoms with Gasteiger partial charge in [0.05, 0.1) is 23.1 Å². The van der Waals surface area contributed by atoms with Crippen LogP contribution in [-0.4, -0.2) is 9.97 Å². The number of hydrogen-bond donors (Lipinski definition) is 1. The molecule has 0 saturated carbocycles. The number of anilines is 1. The van der Waals surface area contributed by atoms with E-state index in [1.807, 2.05) is 0 Å². The Hall–Kier alpha value is -1.32. The summed E-state index contributed by atoms with van der Waals surface area (Å²) in [6.07, 6.45) is 3.07. The van der Waals surface area contributed by atoms with E-state index in [9.17, 15) is 0 Å². The van der Waals surface area contributed by atoms with Gasteiger partial charge in [-0.15, -0.1) is 0 Å². The molecule has 0 fully saturated rings. The fourth-order valence-corrected chi connectivity index (χ4v) is 1.64. The molecule has 76 valence electrons. The summed E-state index contributed by atoms with van der Waals surface area (Å²) in [5.74, 6) is 0.533. The Morgan fingerprint density at radius 3 is 2.33 bits per heavy atom. The molecule has 0 spiro atoms. The Labute approximate surface area is 96.9 Å². The maximum atomic E-state index is 6.01. The number of nitrogens with two attached hydrogens (primary N) is 1. The number of nitrogens with zero attached hydrogens (tertiary/aromatic N) is 2. The van der Waals surface area contributed by atoms with E-state index in [0.29, 0.717) is 21.6 Å². The molecule has 0 amide bonds. The molecule has 0 saturated heterocycles. The minimum absolute atomic E-state index is 0.517. The van der Waals surface area contributed by atoms with Crippen LogP contribution in [0.3, 0.4) is 0 Å². The lowest BCUT2D eigenvalue weighted by atomic mass is 10.2. The zero-order valence-corrected chi connectivity index (χ0v) is 9.13. The third-order valence-corrected chi connectivity index (χ3v) is 2.39. The number of benzene rings is 1. The molecule has 1 heterocycles. The molecule has 5 heteroatoms. The van der Waals surface area contributed by atoms with Crippen LogP contribution in [-0.2, 0) is 0 Å². The van der Waals surface area contributed by atoms with Crippen LogP contribution in [0.5, 0.6) is 0 Å². The van der Waals surface area contributed by atoms with Gasteiger partial charge in [0.25, 0.3) is 0 Å². The lowest BCUT2D eigenvalue weighted by Gasteiger charge is -2.02. The first-order valence-corrected chi connectivity index (χ1v) is 4.95.